The molecular weight excluding hydrogens is 212 g/mol. The molecule has 1 aromatic heterocycles. The van der Waals surface area contributed by atoms with E-state index < -0.39 is 0 Å². The minimum Gasteiger partial charge on any atom is -0.380 e. The first-order chi connectivity index (χ1) is 5.86. The molecule has 0 bridgehead atoms. The van der Waals surface area contributed by atoms with Gasteiger partial charge in [0.2, 0.25) is 0 Å². The van der Waals surface area contributed by atoms with Gasteiger partial charge in [0.05, 0.1) is 0 Å². The number of nitrogens with zero attached hydrogens (tertiary/aromatic N) is 3. The molecule has 0 radical (unpaired) electrons. The highest BCUT2D eigenvalue weighted by atomic mass is 35.5. The topological polar surface area (TPSA) is 58.2 Å². The van der Waals surface area contributed by atoms with Crippen LogP contribution < -0.4 is 20.6 Å². The first-order valence-corrected chi connectivity index (χ1v) is 4.95. The molecule has 1 N–H and O–H groups in total. The molecule has 0 unspecified atom stereocenters. The smallest absolute Gasteiger partial charge is 0.286 e. The lowest BCUT2D eigenvalue weighted by molar-refractivity contribution is -0.763. The second-order valence-electron chi connectivity index (χ2n) is 2.55. The Balaban J connectivity index is 0.000000845. The summed E-state index contributed by atoms with van der Waals surface area (Å²) >= 11 is 1.94. The van der Waals surface area contributed by atoms with E-state index in [0.29, 0.717) is 0 Å². The van der Waals surface area contributed by atoms with Crippen LogP contribution in [0.2, 0.25) is 0 Å². The number of halogens is 1. The molecule has 7 heteroatoms. The number of aromatic nitrogens is 2. The minimum absolute atomic E-state index is 0. The van der Waals surface area contributed by atoms with E-state index in [1.165, 1.54) is 0 Å². The normalized spacial score (nSPS) is 16.8. The van der Waals surface area contributed by atoms with Crippen LogP contribution in [-0.4, -0.2) is 24.6 Å². The highest BCUT2D eigenvalue weighted by molar-refractivity contribution is 7.99. The van der Waals surface area contributed by atoms with Crippen LogP contribution in [0.3, 0.4) is 0 Å². The van der Waals surface area contributed by atoms with Gasteiger partial charge in [-0.3, -0.25) is 10.4 Å². The van der Waals surface area contributed by atoms with E-state index in [1.807, 2.05) is 11.8 Å². The summed E-state index contributed by atoms with van der Waals surface area (Å²) in [5.74, 6) is 2.24. The molecule has 0 aliphatic carbocycles. The maximum Gasteiger partial charge on any atom is 0.286 e. The zero-order valence-electron chi connectivity index (χ0n) is 6.97. The molecule has 1 aromatic rings. The first-order valence-electron chi connectivity index (χ1n) is 3.79. The monoisotopic (exact) mass is 222 g/mol. The van der Waals surface area contributed by atoms with Crippen molar-refractivity contribution in [3.63, 3.8) is 0 Å². The summed E-state index contributed by atoms with van der Waals surface area (Å²) < 4.78 is 4.65. The van der Waals surface area contributed by atoms with Crippen LogP contribution in [-0.2, 0) is 0 Å². The first kappa shape index (κ1) is 10.5. The third-order valence-electron chi connectivity index (χ3n) is 1.73. The highest BCUT2D eigenvalue weighted by Crippen LogP contribution is 2.04. The van der Waals surface area contributed by atoms with E-state index in [-0.39, 0.29) is 18.0 Å². The molecule has 13 heavy (non-hydrogen) atoms. The van der Waals surface area contributed by atoms with Crippen LogP contribution >= 0.6 is 24.2 Å². The van der Waals surface area contributed by atoms with Gasteiger partial charge in [-0.15, -0.1) is 12.4 Å². The van der Waals surface area contributed by atoms with E-state index in [9.17, 15) is 0 Å². The Morgan fingerprint density at radius 2 is 2.23 bits per heavy atom. The molecule has 0 amide bonds. The zero-order chi connectivity index (χ0) is 8.39. The van der Waals surface area contributed by atoms with Crippen LogP contribution in [0.15, 0.2) is 10.7 Å². The largest absolute Gasteiger partial charge is 0.380 e. The van der Waals surface area contributed by atoms with Crippen molar-refractivity contribution in [3.8, 4) is 0 Å². The number of hydrogen-bond donors (Lipinski definition) is 1. The molecule has 0 aromatic carbocycles. The molecule has 0 spiro atoms. The van der Waals surface area contributed by atoms with Crippen molar-refractivity contribution in [2.24, 2.45) is 0 Å². The summed E-state index contributed by atoms with van der Waals surface area (Å²) in [6, 6.07) is 0. The predicted octanol–water partition coefficient (Wildman–Crippen LogP) is -0.890. The fraction of sp³-hybridized carbons (Fsp3) is 0.667. The van der Waals surface area contributed by atoms with Gasteiger partial charge < -0.3 is 4.52 Å². The van der Waals surface area contributed by atoms with Gasteiger partial charge in [-0.1, -0.05) is 4.79 Å². The lowest BCUT2D eigenvalue weighted by atomic mass is 10.6. The quantitative estimate of drug-likeness (QED) is 0.627. The molecular formula is C6H11ClN4OS. The van der Waals surface area contributed by atoms with Crippen molar-refractivity contribution in [1.82, 2.24) is 5.27 Å². The Kier molecular flexibility index (Phi) is 3.68. The van der Waals surface area contributed by atoms with E-state index in [4.69, 9.17) is 5.41 Å². The molecule has 1 saturated heterocycles. The van der Waals surface area contributed by atoms with Crippen molar-refractivity contribution in [2.45, 2.75) is 0 Å². The highest BCUT2D eigenvalue weighted by Gasteiger charge is 2.11. The molecule has 0 atom stereocenters. The fourth-order valence-electron chi connectivity index (χ4n) is 1.13. The van der Waals surface area contributed by atoms with Crippen LogP contribution in [0, 0.1) is 5.41 Å². The number of thioether (sulfide) groups is 1. The van der Waals surface area contributed by atoms with Gasteiger partial charge >= 0.3 is 0 Å². The summed E-state index contributed by atoms with van der Waals surface area (Å²) in [6.07, 6.45) is 1.58. The van der Waals surface area contributed by atoms with E-state index in [2.05, 4.69) is 14.8 Å². The lowest BCUT2D eigenvalue weighted by Crippen LogP contribution is -2.62. The maximum absolute atomic E-state index is 7.15. The summed E-state index contributed by atoms with van der Waals surface area (Å²) in [4.78, 5) is 1.61. The van der Waals surface area contributed by atoms with Crippen molar-refractivity contribution >= 4 is 24.2 Å². The van der Waals surface area contributed by atoms with E-state index >= 15 is 0 Å². The fourth-order valence-corrected chi connectivity index (χ4v) is 2.01. The zero-order valence-corrected chi connectivity index (χ0v) is 8.61. The second-order valence-corrected chi connectivity index (χ2v) is 3.78. The summed E-state index contributed by atoms with van der Waals surface area (Å²) in [5.41, 5.74) is 0.105. The van der Waals surface area contributed by atoms with Gasteiger partial charge in [0.25, 0.3) is 11.8 Å². The number of nitrogens with one attached hydrogen (secondary N) is 1. The van der Waals surface area contributed by atoms with Crippen LogP contribution in [0.25, 0.3) is 0 Å². The Labute approximate surface area is 85.9 Å². The molecule has 5 nitrogen and oxygen atoms in total. The summed E-state index contributed by atoms with van der Waals surface area (Å²) in [6.45, 7) is 1.95. The molecule has 1 fully saturated rings. The third-order valence-corrected chi connectivity index (χ3v) is 2.68. The van der Waals surface area contributed by atoms with Crippen LogP contribution in [0.4, 0.5) is 0 Å². The molecule has 1 aliphatic heterocycles. The average molecular weight is 223 g/mol. The average Bonchev–Trinajstić information content (AvgIpc) is 2.54. The molecule has 2 heterocycles. The lowest BCUT2D eigenvalue weighted by Gasteiger charge is -2.26. The van der Waals surface area contributed by atoms with Gasteiger partial charge in [-0.25, -0.2) is 0 Å². The van der Waals surface area contributed by atoms with Crippen molar-refractivity contribution in [2.75, 3.05) is 29.6 Å². The SMILES string of the molecule is Cl.N=c1c[n+](N2CCSCC2)[n-]o1. The predicted molar refractivity (Wildman–Crippen MR) is 50.6 cm³/mol. The Morgan fingerprint density at radius 1 is 1.54 bits per heavy atom. The molecule has 74 valence electrons. The number of rotatable bonds is 1. The van der Waals surface area contributed by atoms with Gasteiger partial charge in [-0.2, -0.15) is 11.8 Å². The third kappa shape index (κ3) is 2.41. The Bertz CT molecular complexity index is 306. The van der Waals surface area contributed by atoms with Crippen molar-refractivity contribution in [3.05, 3.63) is 11.8 Å². The number of hydrogen-bond acceptors (Lipinski definition) is 4. The standard InChI is InChI=1S/C6H10N4OS.ClH/c7-6-5-10(8-11-6)9-1-3-12-4-2-9;/h5,7H,1-4H2;1H. The van der Waals surface area contributed by atoms with E-state index in [1.54, 1.807) is 11.0 Å². The van der Waals surface area contributed by atoms with Gasteiger partial charge in [-0.05, 0) is 16.8 Å². The summed E-state index contributed by atoms with van der Waals surface area (Å²) in [7, 11) is 0. The minimum atomic E-state index is 0. The van der Waals surface area contributed by atoms with E-state index in [0.717, 1.165) is 24.6 Å². The van der Waals surface area contributed by atoms with Gasteiger partial charge in [0.15, 0.2) is 0 Å². The van der Waals surface area contributed by atoms with Crippen molar-refractivity contribution in [1.29, 1.82) is 5.41 Å². The Morgan fingerprint density at radius 3 is 2.77 bits per heavy atom. The Hall–Kier alpha value is -0.620. The second kappa shape index (κ2) is 4.57. The van der Waals surface area contributed by atoms with Gasteiger partial charge in [0, 0.05) is 13.1 Å². The van der Waals surface area contributed by atoms with Gasteiger partial charge in [0.1, 0.15) is 0 Å². The molecule has 2 rings (SSSR count). The van der Waals surface area contributed by atoms with Crippen molar-refractivity contribution < 1.29 is 9.31 Å². The maximum atomic E-state index is 7.15. The summed E-state index contributed by atoms with van der Waals surface area (Å²) in [5, 5.41) is 12.9. The van der Waals surface area contributed by atoms with Crippen LogP contribution in [0.5, 0.6) is 0 Å². The molecule has 1 aliphatic rings. The molecule has 0 saturated carbocycles. The van der Waals surface area contributed by atoms with Crippen LogP contribution in [0.1, 0.15) is 0 Å².